The molecule has 1 aliphatic rings. The molecule has 0 radical (unpaired) electrons. The fourth-order valence-corrected chi connectivity index (χ4v) is 2.93. The Kier molecular flexibility index (Phi) is 4.06. The Balaban J connectivity index is 2.15. The van der Waals surface area contributed by atoms with Crippen molar-refractivity contribution in [3.8, 4) is 11.3 Å². The van der Waals surface area contributed by atoms with Gasteiger partial charge < -0.3 is 5.32 Å². The maximum atomic E-state index is 13.2. The Labute approximate surface area is 125 Å². The van der Waals surface area contributed by atoms with E-state index >= 15 is 0 Å². The largest absolute Gasteiger partial charge is 0.316 e. The highest BCUT2D eigenvalue weighted by Gasteiger charge is 2.22. The molecule has 21 heavy (non-hydrogen) atoms. The van der Waals surface area contributed by atoms with Crippen molar-refractivity contribution in [2.24, 2.45) is 0 Å². The van der Waals surface area contributed by atoms with Gasteiger partial charge in [0.15, 0.2) is 0 Å². The number of halogens is 1. The molecule has 1 aliphatic heterocycles. The number of hydrogen-bond donors (Lipinski definition) is 1. The van der Waals surface area contributed by atoms with Crippen LogP contribution in [0.25, 0.3) is 11.3 Å². The summed E-state index contributed by atoms with van der Waals surface area (Å²) < 4.78 is 15.4. The van der Waals surface area contributed by atoms with Crippen molar-refractivity contribution in [1.29, 1.82) is 0 Å². The van der Waals surface area contributed by atoms with Crippen LogP contribution in [0.15, 0.2) is 24.3 Å². The predicted octanol–water partition coefficient (Wildman–Crippen LogP) is 3.35. The Morgan fingerprint density at radius 3 is 2.67 bits per heavy atom. The molecule has 0 fully saturated rings. The van der Waals surface area contributed by atoms with Crippen LogP contribution < -0.4 is 5.32 Å². The first-order valence-corrected chi connectivity index (χ1v) is 7.77. The quantitative estimate of drug-likeness (QED) is 0.938. The lowest BCUT2D eigenvalue weighted by atomic mass is 10.0. The third-order valence-corrected chi connectivity index (χ3v) is 4.31. The van der Waals surface area contributed by atoms with Gasteiger partial charge >= 0.3 is 0 Å². The summed E-state index contributed by atoms with van der Waals surface area (Å²) in [6.45, 7) is 6.33. The van der Waals surface area contributed by atoms with E-state index in [4.69, 9.17) is 5.10 Å². The van der Waals surface area contributed by atoms with Crippen molar-refractivity contribution in [2.75, 3.05) is 13.1 Å². The summed E-state index contributed by atoms with van der Waals surface area (Å²) in [4.78, 5) is 0. The van der Waals surface area contributed by atoms with Crippen LogP contribution in [0.4, 0.5) is 4.39 Å². The van der Waals surface area contributed by atoms with Crippen LogP contribution in [0.3, 0.4) is 0 Å². The fourth-order valence-electron chi connectivity index (χ4n) is 2.93. The molecule has 0 saturated heterocycles. The van der Waals surface area contributed by atoms with Crippen molar-refractivity contribution < 1.29 is 4.39 Å². The lowest BCUT2D eigenvalue weighted by Crippen LogP contribution is -2.17. The minimum atomic E-state index is -0.193. The third kappa shape index (κ3) is 2.72. The van der Waals surface area contributed by atoms with Gasteiger partial charge in [-0.25, -0.2) is 4.39 Å². The summed E-state index contributed by atoms with van der Waals surface area (Å²) in [6, 6.07) is 7.15. The van der Waals surface area contributed by atoms with Gasteiger partial charge in [-0.2, -0.15) is 5.10 Å². The number of benzene rings is 1. The van der Waals surface area contributed by atoms with Crippen molar-refractivity contribution in [3.05, 3.63) is 41.3 Å². The number of nitrogens with one attached hydrogen (secondary N) is 1. The molecular weight excluding hydrogens is 265 g/mol. The number of rotatable bonds is 3. The molecule has 1 unspecified atom stereocenters. The standard InChI is InChI=1S/C17H22FN3/c1-3-12(2)21-17(13-4-6-14(18)7-5-13)15-8-10-19-11-9-16(15)20-21/h4-7,12,19H,3,8-11H2,1-2H3. The summed E-state index contributed by atoms with van der Waals surface area (Å²) in [5.74, 6) is -0.193. The highest BCUT2D eigenvalue weighted by molar-refractivity contribution is 5.65. The van der Waals surface area contributed by atoms with Crippen molar-refractivity contribution in [1.82, 2.24) is 15.1 Å². The number of nitrogens with zero attached hydrogens (tertiary/aromatic N) is 2. The molecule has 2 heterocycles. The molecular formula is C17H22FN3. The van der Waals surface area contributed by atoms with E-state index in [1.165, 1.54) is 29.1 Å². The monoisotopic (exact) mass is 287 g/mol. The van der Waals surface area contributed by atoms with Gasteiger partial charge in [0.05, 0.1) is 11.4 Å². The predicted molar refractivity (Wildman–Crippen MR) is 82.9 cm³/mol. The molecule has 0 aliphatic carbocycles. The van der Waals surface area contributed by atoms with E-state index in [2.05, 4.69) is 23.8 Å². The maximum absolute atomic E-state index is 13.2. The summed E-state index contributed by atoms with van der Waals surface area (Å²) in [6.07, 6.45) is 2.98. The van der Waals surface area contributed by atoms with Crippen molar-refractivity contribution in [3.63, 3.8) is 0 Å². The Morgan fingerprint density at radius 2 is 1.95 bits per heavy atom. The zero-order valence-corrected chi connectivity index (χ0v) is 12.7. The summed E-state index contributed by atoms with van der Waals surface area (Å²) in [7, 11) is 0. The Bertz CT molecular complexity index is 616. The molecule has 1 aromatic heterocycles. The first kappa shape index (κ1) is 14.3. The van der Waals surface area contributed by atoms with Gasteiger partial charge in [0.25, 0.3) is 0 Å². The van der Waals surface area contributed by atoms with Crippen LogP contribution in [0.2, 0.25) is 0 Å². The molecule has 1 N–H and O–H groups in total. The van der Waals surface area contributed by atoms with Gasteiger partial charge in [-0.15, -0.1) is 0 Å². The second-order valence-corrected chi connectivity index (χ2v) is 5.73. The first-order valence-electron chi connectivity index (χ1n) is 7.77. The van der Waals surface area contributed by atoms with E-state index in [0.717, 1.165) is 37.9 Å². The van der Waals surface area contributed by atoms with Gasteiger partial charge in [-0.05, 0) is 50.6 Å². The maximum Gasteiger partial charge on any atom is 0.123 e. The molecule has 112 valence electrons. The van der Waals surface area contributed by atoms with Crippen LogP contribution >= 0.6 is 0 Å². The normalized spacial score (nSPS) is 16.3. The molecule has 2 aromatic rings. The summed E-state index contributed by atoms with van der Waals surface area (Å²) in [5, 5.41) is 8.28. The molecule has 1 atom stereocenters. The first-order chi connectivity index (χ1) is 10.2. The van der Waals surface area contributed by atoms with E-state index in [9.17, 15) is 4.39 Å². The number of hydrogen-bond acceptors (Lipinski definition) is 2. The topological polar surface area (TPSA) is 29.9 Å². The number of aromatic nitrogens is 2. The average Bonchev–Trinajstić information content (AvgIpc) is 2.70. The zero-order valence-electron chi connectivity index (χ0n) is 12.7. The summed E-state index contributed by atoms with van der Waals surface area (Å²) >= 11 is 0. The Morgan fingerprint density at radius 1 is 1.24 bits per heavy atom. The molecule has 3 rings (SSSR count). The lowest BCUT2D eigenvalue weighted by Gasteiger charge is -2.15. The zero-order chi connectivity index (χ0) is 14.8. The minimum Gasteiger partial charge on any atom is -0.316 e. The second-order valence-electron chi connectivity index (χ2n) is 5.73. The van der Waals surface area contributed by atoms with Crippen molar-refractivity contribution >= 4 is 0 Å². The van der Waals surface area contributed by atoms with Gasteiger partial charge in [0.1, 0.15) is 5.82 Å². The smallest absolute Gasteiger partial charge is 0.123 e. The molecule has 0 spiro atoms. The van der Waals surface area contributed by atoms with E-state index in [0.29, 0.717) is 6.04 Å². The fraction of sp³-hybridized carbons (Fsp3) is 0.471. The molecule has 0 amide bonds. The lowest BCUT2D eigenvalue weighted by molar-refractivity contribution is 0.477. The van der Waals surface area contributed by atoms with E-state index in [1.807, 2.05) is 12.1 Å². The van der Waals surface area contributed by atoms with Crippen LogP contribution in [0.5, 0.6) is 0 Å². The highest BCUT2D eigenvalue weighted by atomic mass is 19.1. The van der Waals surface area contributed by atoms with E-state index < -0.39 is 0 Å². The molecule has 3 nitrogen and oxygen atoms in total. The van der Waals surface area contributed by atoms with E-state index in [1.54, 1.807) is 0 Å². The van der Waals surface area contributed by atoms with E-state index in [-0.39, 0.29) is 5.82 Å². The Hall–Kier alpha value is -1.68. The van der Waals surface area contributed by atoms with Crippen LogP contribution in [-0.2, 0) is 12.8 Å². The highest BCUT2D eigenvalue weighted by Crippen LogP contribution is 2.31. The van der Waals surface area contributed by atoms with Crippen LogP contribution in [0.1, 0.15) is 37.6 Å². The SMILES string of the molecule is CCC(C)n1nc2c(c1-c1ccc(F)cc1)CCNCC2. The number of fused-ring (bicyclic) bond motifs is 1. The summed E-state index contributed by atoms with van der Waals surface area (Å²) in [5.41, 5.74) is 4.75. The second kappa shape index (κ2) is 5.98. The van der Waals surface area contributed by atoms with Crippen LogP contribution in [0, 0.1) is 5.82 Å². The van der Waals surface area contributed by atoms with Gasteiger partial charge in [-0.1, -0.05) is 6.92 Å². The molecule has 4 heteroatoms. The van der Waals surface area contributed by atoms with Crippen LogP contribution in [-0.4, -0.2) is 22.9 Å². The molecule has 0 bridgehead atoms. The third-order valence-electron chi connectivity index (χ3n) is 4.31. The molecule has 0 saturated carbocycles. The van der Waals surface area contributed by atoms with Gasteiger partial charge in [0, 0.05) is 30.1 Å². The van der Waals surface area contributed by atoms with Crippen molar-refractivity contribution in [2.45, 2.75) is 39.2 Å². The average molecular weight is 287 g/mol. The molecule has 1 aromatic carbocycles. The van der Waals surface area contributed by atoms with Gasteiger partial charge in [-0.3, -0.25) is 4.68 Å². The van der Waals surface area contributed by atoms with Gasteiger partial charge in [0.2, 0.25) is 0 Å². The minimum absolute atomic E-state index is 0.193.